The van der Waals surface area contributed by atoms with E-state index in [2.05, 4.69) is 0 Å². The number of nitrogens with zero attached hydrogens (tertiary/aromatic N) is 1. The van der Waals surface area contributed by atoms with Gasteiger partial charge < -0.3 is 9.64 Å². The minimum absolute atomic E-state index is 0.308. The fraction of sp³-hybridized carbons (Fsp3) is 0.500. The topological polar surface area (TPSA) is 29.5 Å². The second kappa shape index (κ2) is 5.81. The van der Waals surface area contributed by atoms with Gasteiger partial charge in [-0.05, 0) is 50.9 Å². The fourth-order valence-corrected chi connectivity index (χ4v) is 1.56. The van der Waals surface area contributed by atoms with Crippen molar-refractivity contribution in [1.29, 1.82) is 0 Å². The van der Waals surface area contributed by atoms with Gasteiger partial charge >= 0.3 is 6.09 Å². The minimum atomic E-state index is -0.843. The SMILES string of the molecule is [B]c1c(F)cc(C(C)N(C)C(=O)OC(C)(C)C)cc1F. The van der Waals surface area contributed by atoms with Crippen LogP contribution in [0, 0.1) is 11.6 Å². The van der Waals surface area contributed by atoms with Crippen LogP contribution in [0.5, 0.6) is 0 Å². The molecule has 1 rings (SSSR count). The van der Waals surface area contributed by atoms with Gasteiger partial charge in [0.2, 0.25) is 0 Å². The van der Waals surface area contributed by atoms with Crippen molar-refractivity contribution in [3.8, 4) is 0 Å². The Bertz CT molecular complexity index is 491. The lowest BCUT2D eigenvalue weighted by Crippen LogP contribution is -2.36. The van der Waals surface area contributed by atoms with Crippen molar-refractivity contribution in [2.24, 2.45) is 0 Å². The molecule has 0 aliphatic carbocycles. The van der Waals surface area contributed by atoms with Crippen LogP contribution in [-0.2, 0) is 4.74 Å². The zero-order valence-electron chi connectivity index (χ0n) is 12.3. The molecule has 6 heteroatoms. The number of halogens is 2. The molecule has 108 valence electrons. The molecule has 0 aliphatic rings. The molecule has 2 radical (unpaired) electrons. The van der Waals surface area contributed by atoms with Gasteiger partial charge in [0.05, 0.1) is 6.04 Å². The summed E-state index contributed by atoms with van der Waals surface area (Å²) in [4.78, 5) is 13.2. The molecule has 20 heavy (non-hydrogen) atoms. The summed E-state index contributed by atoms with van der Waals surface area (Å²) < 4.78 is 32.1. The summed E-state index contributed by atoms with van der Waals surface area (Å²) in [5.74, 6) is -1.69. The number of ether oxygens (including phenoxy) is 1. The van der Waals surface area contributed by atoms with Gasteiger partial charge in [0.1, 0.15) is 25.1 Å². The van der Waals surface area contributed by atoms with Gasteiger partial charge in [-0.1, -0.05) is 0 Å². The van der Waals surface area contributed by atoms with Crippen molar-refractivity contribution in [2.45, 2.75) is 39.3 Å². The van der Waals surface area contributed by atoms with Crippen molar-refractivity contribution < 1.29 is 18.3 Å². The van der Waals surface area contributed by atoms with Crippen molar-refractivity contribution in [3.05, 3.63) is 29.3 Å². The van der Waals surface area contributed by atoms with E-state index >= 15 is 0 Å². The van der Waals surface area contributed by atoms with Crippen LogP contribution in [0.4, 0.5) is 13.6 Å². The maximum atomic E-state index is 13.4. The Kier molecular flexibility index (Phi) is 4.79. The summed E-state index contributed by atoms with van der Waals surface area (Å²) in [5.41, 5.74) is -0.855. The molecule has 0 aromatic heterocycles. The normalized spacial score (nSPS) is 12.9. The third-order valence-electron chi connectivity index (χ3n) is 2.85. The van der Waals surface area contributed by atoms with Gasteiger partial charge in [-0.3, -0.25) is 0 Å². The molecule has 0 spiro atoms. The standard InChI is InChI=1S/C14H18BF2NO2/c1-8(18(5)13(19)20-14(2,3)4)9-6-10(16)12(15)11(17)7-9/h6-8H,1-5H3. The van der Waals surface area contributed by atoms with E-state index in [9.17, 15) is 13.6 Å². The average Bonchev–Trinajstić information content (AvgIpc) is 2.31. The Morgan fingerprint density at radius 3 is 2.15 bits per heavy atom. The molecule has 1 amide bonds. The molecule has 1 unspecified atom stereocenters. The number of amides is 1. The Hall–Kier alpha value is -1.59. The first-order valence-corrected chi connectivity index (χ1v) is 6.23. The van der Waals surface area contributed by atoms with Crippen molar-refractivity contribution >= 4 is 19.4 Å². The van der Waals surface area contributed by atoms with Gasteiger partial charge in [0.25, 0.3) is 0 Å². The third-order valence-corrected chi connectivity index (χ3v) is 2.85. The molecule has 0 N–H and O–H groups in total. The van der Waals surface area contributed by atoms with Crippen molar-refractivity contribution in [3.63, 3.8) is 0 Å². The van der Waals surface area contributed by atoms with E-state index in [1.165, 1.54) is 11.9 Å². The summed E-state index contributed by atoms with van der Waals surface area (Å²) >= 11 is 0. The molecule has 3 nitrogen and oxygen atoms in total. The van der Waals surface area contributed by atoms with Gasteiger partial charge in [-0.2, -0.15) is 0 Å². The fourth-order valence-electron chi connectivity index (χ4n) is 1.56. The van der Waals surface area contributed by atoms with Gasteiger partial charge in [0.15, 0.2) is 0 Å². The summed E-state index contributed by atoms with van der Waals surface area (Å²) in [6.07, 6.45) is -0.567. The molecule has 0 heterocycles. The first kappa shape index (κ1) is 16.5. The maximum absolute atomic E-state index is 13.4. The highest BCUT2D eigenvalue weighted by Crippen LogP contribution is 2.22. The summed E-state index contributed by atoms with van der Waals surface area (Å²) in [6.45, 7) is 6.87. The minimum Gasteiger partial charge on any atom is -0.444 e. The molecule has 0 saturated heterocycles. The molecular weight excluding hydrogens is 263 g/mol. The summed E-state index contributed by atoms with van der Waals surface area (Å²) in [5, 5.41) is 0. The molecule has 0 saturated carbocycles. The smallest absolute Gasteiger partial charge is 0.410 e. The summed E-state index contributed by atoms with van der Waals surface area (Å²) in [7, 11) is 6.72. The lowest BCUT2D eigenvalue weighted by molar-refractivity contribution is 0.0233. The largest absolute Gasteiger partial charge is 0.444 e. The molecule has 0 fully saturated rings. The summed E-state index contributed by atoms with van der Waals surface area (Å²) in [6, 6.07) is 1.68. The zero-order valence-corrected chi connectivity index (χ0v) is 12.3. The highest BCUT2D eigenvalue weighted by atomic mass is 19.1. The maximum Gasteiger partial charge on any atom is 0.410 e. The molecule has 0 aliphatic heterocycles. The van der Waals surface area contributed by atoms with Crippen LogP contribution < -0.4 is 5.46 Å². The Morgan fingerprint density at radius 2 is 1.75 bits per heavy atom. The third kappa shape index (κ3) is 3.95. The number of rotatable bonds is 2. The van der Waals surface area contributed by atoms with Crippen LogP contribution >= 0.6 is 0 Å². The van der Waals surface area contributed by atoms with Gasteiger partial charge in [0, 0.05) is 7.05 Å². The molecule has 1 aromatic carbocycles. The Labute approximate surface area is 119 Å². The monoisotopic (exact) mass is 281 g/mol. The zero-order chi connectivity index (χ0) is 15.7. The van der Waals surface area contributed by atoms with E-state index in [0.717, 1.165) is 12.1 Å². The van der Waals surface area contributed by atoms with Crippen LogP contribution in [0.1, 0.15) is 39.3 Å². The number of carbonyl (C=O) groups is 1. The van der Waals surface area contributed by atoms with E-state index in [1.807, 2.05) is 0 Å². The molecule has 1 atom stereocenters. The molecule has 1 aromatic rings. The van der Waals surface area contributed by atoms with Crippen LogP contribution in [0.3, 0.4) is 0 Å². The second-order valence-electron chi connectivity index (χ2n) is 5.67. The number of hydrogen-bond acceptors (Lipinski definition) is 2. The van der Waals surface area contributed by atoms with Crippen LogP contribution in [-0.4, -0.2) is 31.5 Å². The quantitative estimate of drug-likeness (QED) is 0.780. The predicted molar refractivity (Wildman–Crippen MR) is 74.2 cm³/mol. The molecular formula is C14H18BF2NO2. The van der Waals surface area contributed by atoms with Crippen LogP contribution in [0.15, 0.2) is 12.1 Å². The first-order chi connectivity index (χ1) is 9.03. The van der Waals surface area contributed by atoms with Crippen LogP contribution in [0.2, 0.25) is 0 Å². The van der Waals surface area contributed by atoms with Crippen LogP contribution in [0.25, 0.3) is 0 Å². The highest BCUT2D eigenvalue weighted by molar-refractivity contribution is 6.32. The second-order valence-corrected chi connectivity index (χ2v) is 5.67. The number of hydrogen-bond donors (Lipinski definition) is 0. The molecule has 0 bridgehead atoms. The first-order valence-electron chi connectivity index (χ1n) is 6.23. The lowest BCUT2D eigenvalue weighted by atomic mass is 9.92. The van der Waals surface area contributed by atoms with Gasteiger partial charge in [-0.15, -0.1) is 0 Å². The number of carbonyl (C=O) groups excluding carboxylic acids is 1. The predicted octanol–water partition coefficient (Wildman–Crippen LogP) is 2.69. The van der Waals surface area contributed by atoms with Crippen molar-refractivity contribution in [2.75, 3.05) is 7.05 Å². The average molecular weight is 281 g/mol. The highest BCUT2D eigenvalue weighted by Gasteiger charge is 2.24. The van der Waals surface area contributed by atoms with E-state index in [1.54, 1.807) is 27.7 Å². The van der Waals surface area contributed by atoms with E-state index < -0.39 is 34.8 Å². The Morgan fingerprint density at radius 1 is 1.30 bits per heavy atom. The van der Waals surface area contributed by atoms with Gasteiger partial charge in [-0.25, -0.2) is 13.6 Å². The van der Waals surface area contributed by atoms with Crippen molar-refractivity contribution in [1.82, 2.24) is 4.90 Å². The lowest BCUT2D eigenvalue weighted by Gasteiger charge is -2.29. The van der Waals surface area contributed by atoms with E-state index in [4.69, 9.17) is 12.6 Å². The number of benzene rings is 1. The Balaban J connectivity index is 2.95. The van der Waals surface area contributed by atoms with E-state index in [0.29, 0.717) is 5.56 Å². The van der Waals surface area contributed by atoms with E-state index in [-0.39, 0.29) is 0 Å².